The lowest BCUT2D eigenvalue weighted by Crippen LogP contribution is -2.40. The smallest absolute Gasteiger partial charge is 0.302 e. The summed E-state index contributed by atoms with van der Waals surface area (Å²) < 4.78 is 6.65. The molecule has 0 spiro atoms. The van der Waals surface area contributed by atoms with E-state index in [-0.39, 0.29) is 5.91 Å². The van der Waals surface area contributed by atoms with Gasteiger partial charge >= 0.3 is 6.01 Å². The molecule has 0 radical (unpaired) electrons. The van der Waals surface area contributed by atoms with Crippen LogP contribution in [-0.2, 0) is 11.3 Å². The van der Waals surface area contributed by atoms with Crippen molar-refractivity contribution < 1.29 is 9.21 Å². The van der Waals surface area contributed by atoms with Crippen LogP contribution >= 0.6 is 15.9 Å². The lowest BCUT2D eigenvalue weighted by atomic mass is 9.88. The van der Waals surface area contributed by atoms with E-state index < -0.39 is 12.0 Å². The number of guanidine groups is 1. The largest absolute Gasteiger partial charge is 0.423 e. The Balaban J connectivity index is 1.44. The van der Waals surface area contributed by atoms with Gasteiger partial charge in [0.05, 0.1) is 6.04 Å². The number of anilines is 1. The van der Waals surface area contributed by atoms with Crippen molar-refractivity contribution in [3.05, 3.63) is 94.5 Å². The van der Waals surface area contributed by atoms with E-state index in [9.17, 15) is 4.79 Å². The minimum atomic E-state index is -0.559. The summed E-state index contributed by atoms with van der Waals surface area (Å²) >= 11 is 3.62. The molecule has 8 heteroatoms. The molecule has 7 nitrogen and oxygen atoms in total. The predicted octanol–water partition coefficient (Wildman–Crippen LogP) is 5.51. The van der Waals surface area contributed by atoms with Gasteiger partial charge in [-0.15, -0.1) is 0 Å². The van der Waals surface area contributed by atoms with Crippen molar-refractivity contribution in [3.8, 4) is 0 Å². The number of nitrogens with zero attached hydrogens (tertiary/aromatic N) is 3. The third-order valence-electron chi connectivity index (χ3n) is 5.64. The molecule has 0 bridgehead atoms. The number of halogens is 1. The van der Waals surface area contributed by atoms with E-state index in [1.54, 1.807) is 0 Å². The Morgan fingerprint density at radius 2 is 1.74 bits per heavy atom. The zero-order chi connectivity index (χ0) is 23.5. The Labute approximate surface area is 205 Å². The van der Waals surface area contributed by atoms with Gasteiger partial charge in [-0.05, 0) is 36.2 Å². The number of benzene rings is 3. The molecule has 170 valence electrons. The number of oxazole rings is 1. The van der Waals surface area contributed by atoms with Crippen LogP contribution in [0, 0.1) is 5.92 Å². The average molecular weight is 516 g/mol. The van der Waals surface area contributed by atoms with E-state index in [4.69, 9.17) is 9.41 Å². The monoisotopic (exact) mass is 515 g/mol. The molecule has 2 unspecified atom stereocenters. The van der Waals surface area contributed by atoms with Crippen LogP contribution in [0.1, 0.15) is 24.1 Å². The van der Waals surface area contributed by atoms with Gasteiger partial charge in [0, 0.05) is 16.7 Å². The van der Waals surface area contributed by atoms with Gasteiger partial charge in [0.2, 0.25) is 11.9 Å². The van der Waals surface area contributed by atoms with Gasteiger partial charge in [0.15, 0.2) is 5.58 Å². The molecule has 1 aromatic heterocycles. The molecule has 2 N–H and O–H groups in total. The second-order valence-electron chi connectivity index (χ2n) is 7.97. The lowest BCUT2D eigenvalue weighted by Gasteiger charge is -2.28. The molecule has 3 aromatic carbocycles. The average Bonchev–Trinajstić information content (AvgIpc) is 3.25. The first-order valence-electron chi connectivity index (χ1n) is 10.9. The molecule has 1 aliphatic rings. The molecule has 0 fully saturated rings. The third kappa shape index (κ3) is 4.63. The normalized spacial score (nSPS) is 17.7. The summed E-state index contributed by atoms with van der Waals surface area (Å²) in [7, 11) is 0. The molecule has 4 aromatic rings. The van der Waals surface area contributed by atoms with Crippen LogP contribution in [0.15, 0.2) is 97.7 Å². The SMILES string of the molecule is CC1=NC(Nc2nc3ccccc3o2)=NC(c2ccccc2Br)C1C(=O)NCc1ccccc1. The zero-order valence-corrected chi connectivity index (χ0v) is 20.0. The van der Waals surface area contributed by atoms with Crippen molar-refractivity contribution in [2.24, 2.45) is 15.9 Å². The molecule has 2 atom stereocenters. The van der Waals surface area contributed by atoms with Crippen molar-refractivity contribution in [3.63, 3.8) is 0 Å². The Kier molecular flexibility index (Phi) is 6.22. The second kappa shape index (κ2) is 9.61. The first kappa shape index (κ1) is 22.0. The fourth-order valence-electron chi connectivity index (χ4n) is 3.97. The Hall–Kier alpha value is -3.78. The molecule has 2 heterocycles. The minimum absolute atomic E-state index is 0.129. The Morgan fingerprint density at radius 3 is 2.53 bits per heavy atom. The number of para-hydroxylation sites is 2. The second-order valence-corrected chi connectivity index (χ2v) is 8.82. The number of fused-ring (bicyclic) bond motifs is 1. The number of aliphatic imine (C=N–C) groups is 2. The Bertz CT molecular complexity index is 1360. The van der Waals surface area contributed by atoms with E-state index in [1.807, 2.05) is 85.8 Å². The summed E-state index contributed by atoms with van der Waals surface area (Å²) in [5.41, 5.74) is 3.99. The molecule has 0 aliphatic carbocycles. The van der Waals surface area contributed by atoms with Crippen LogP contribution in [0.3, 0.4) is 0 Å². The number of aromatic nitrogens is 1. The summed E-state index contributed by atoms with van der Waals surface area (Å²) in [6, 6.07) is 24.9. The lowest BCUT2D eigenvalue weighted by molar-refractivity contribution is -0.123. The molecule has 0 saturated carbocycles. The molecule has 1 amide bonds. The van der Waals surface area contributed by atoms with Gasteiger partial charge in [-0.3, -0.25) is 10.1 Å². The van der Waals surface area contributed by atoms with Crippen LogP contribution in [0.5, 0.6) is 0 Å². The standard InChI is InChI=1S/C26H22BrN5O2/c1-16-22(24(33)28-15-17-9-3-2-4-10-17)23(18-11-5-6-12-19(18)27)31-25(29-16)32-26-30-20-13-7-8-14-21(20)34-26/h2-14,22-23H,15H2,1H3,(H,28,33)(H,30,31,32). The predicted molar refractivity (Wildman–Crippen MR) is 137 cm³/mol. The quantitative estimate of drug-likeness (QED) is 0.366. The molecule has 34 heavy (non-hydrogen) atoms. The number of carbonyl (C=O) groups excluding carboxylic acids is 1. The van der Waals surface area contributed by atoms with Crippen molar-refractivity contribution in [1.29, 1.82) is 0 Å². The highest BCUT2D eigenvalue weighted by atomic mass is 79.9. The van der Waals surface area contributed by atoms with E-state index in [0.29, 0.717) is 29.8 Å². The maximum absolute atomic E-state index is 13.3. The minimum Gasteiger partial charge on any atom is -0.423 e. The summed E-state index contributed by atoms with van der Waals surface area (Å²) in [5.74, 6) is -0.343. The van der Waals surface area contributed by atoms with E-state index >= 15 is 0 Å². The van der Waals surface area contributed by atoms with Crippen molar-refractivity contribution in [2.75, 3.05) is 5.32 Å². The maximum Gasteiger partial charge on any atom is 0.302 e. The van der Waals surface area contributed by atoms with Crippen LogP contribution < -0.4 is 10.6 Å². The Morgan fingerprint density at radius 1 is 1.00 bits per heavy atom. The summed E-state index contributed by atoms with van der Waals surface area (Å²) in [6.45, 7) is 2.28. The van der Waals surface area contributed by atoms with Crippen LogP contribution in [-0.4, -0.2) is 22.6 Å². The van der Waals surface area contributed by atoms with Crippen molar-refractivity contribution in [1.82, 2.24) is 10.3 Å². The van der Waals surface area contributed by atoms with Crippen molar-refractivity contribution >= 4 is 50.6 Å². The number of hydrogen-bond acceptors (Lipinski definition) is 6. The van der Waals surface area contributed by atoms with Crippen LogP contribution in [0.2, 0.25) is 0 Å². The van der Waals surface area contributed by atoms with E-state index in [0.717, 1.165) is 21.1 Å². The zero-order valence-electron chi connectivity index (χ0n) is 18.4. The fourth-order valence-corrected chi connectivity index (χ4v) is 4.49. The molecule has 1 aliphatic heterocycles. The first-order valence-corrected chi connectivity index (χ1v) is 11.7. The maximum atomic E-state index is 13.3. The fraction of sp³-hybridized carbons (Fsp3) is 0.154. The van der Waals surface area contributed by atoms with Gasteiger partial charge in [-0.2, -0.15) is 4.98 Å². The third-order valence-corrected chi connectivity index (χ3v) is 6.36. The highest BCUT2D eigenvalue weighted by Crippen LogP contribution is 2.35. The van der Waals surface area contributed by atoms with Gasteiger partial charge in [-0.1, -0.05) is 76.6 Å². The molecular formula is C26H22BrN5O2. The topological polar surface area (TPSA) is 91.9 Å². The number of hydrogen-bond donors (Lipinski definition) is 2. The van der Waals surface area contributed by atoms with Gasteiger partial charge in [-0.25, -0.2) is 9.98 Å². The molecule has 5 rings (SSSR count). The number of amides is 1. The highest BCUT2D eigenvalue weighted by molar-refractivity contribution is 9.10. The summed E-state index contributed by atoms with van der Waals surface area (Å²) in [5, 5.41) is 6.12. The first-order chi connectivity index (χ1) is 16.6. The van der Waals surface area contributed by atoms with Gasteiger partial charge in [0.1, 0.15) is 11.4 Å². The number of carbonyl (C=O) groups is 1. The van der Waals surface area contributed by atoms with E-state index in [1.165, 1.54) is 0 Å². The van der Waals surface area contributed by atoms with Gasteiger partial charge < -0.3 is 9.73 Å². The van der Waals surface area contributed by atoms with Crippen LogP contribution in [0.25, 0.3) is 11.1 Å². The van der Waals surface area contributed by atoms with Crippen LogP contribution in [0.4, 0.5) is 6.01 Å². The van der Waals surface area contributed by atoms with Gasteiger partial charge in [0.25, 0.3) is 0 Å². The summed E-state index contributed by atoms with van der Waals surface area (Å²) in [6.07, 6.45) is 0. The molecular weight excluding hydrogens is 494 g/mol. The number of rotatable bonds is 5. The highest BCUT2D eigenvalue weighted by Gasteiger charge is 2.36. The number of nitrogens with one attached hydrogen (secondary N) is 2. The van der Waals surface area contributed by atoms with Crippen molar-refractivity contribution in [2.45, 2.75) is 19.5 Å². The molecule has 0 saturated heterocycles. The van der Waals surface area contributed by atoms with E-state index in [2.05, 4.69) is 36.5 Å². The summed E-state index contributed by atoms with van der Waals surface area (Å²) in [4.78, 5) is 27.2.